The molecule has 31 heavy (non-hydrogen) atoms. The van der Waals surface area contributed by atoms with Crippen LogP contribution in [-0.4, -0.2) is 58.2 Å². The van der Waals surface area contributed by atoms with Crippen LogP contribution in [0.2, 0.25) is 0 Å². The molecule has 4 rings (SSSR count). The van der Waals surface area contributed by atoms with Crippen molar-refractivity contribution in [2.45, 2.75) is 0 Å². The molecule has 0 radical (unpaired) electrons. The summed E-state index contributed by atoms with van der Waals surface area (Å²) in [6.07, 6.45) is 1.60. The first-order valence-corrected chi connectivity index (χ1v) is 9.58. The molecule has 0 aliphatic rings. The first-order chi connectivity index (χ1) is 15.2. The molecular weight excluding hydrogens is 398 g/mol. The molecule has 0 spiro atoms. The normalized spacial score (nSPS) is 10.8. The Kier molecular flexibility index (Phi) is 5.99. The molecule has 0 aliphatic carbocycles. The van der Waals surface area contributed by atoms with Gasteiger partial charge < -0.3 is 20.1 Å². The van der Waals surface area contributed by atoms with Gasteiger partial charge in [0.25, 0.3) is 5.91 Å². The second-order valence-corrected chi connectivity index (χ2v) is 6.52. The van der Waals surface area contributed by atoms with Gasteiger partial charge in [0.2, 0.25) is 5.95 Å². The minimum atomic E-state index is -0.146. The molecule has 2 N–H and O–H groups in total. The van der Waals surface area contributed by atoms with Crippen molar-refractivity contribution in [3.05, 3.63) is 60.3 Å². The summed E-state index contributed by atoms with van der Waals surface area (Å²) in [5.41, 5.74) is 3.19. The molecule has 0 saturated carbocycles. The van der Waals surface area contributed by atoms with Crippen molar-refractivity contribution in [2.24, 2.45) is 0 Å². The highest BCUT2D eigenvalue weighted by Gasteiger charge is 2.11. The summed E-state index contributed by atoms with van der Waals surface area (Å²) < 4.78 is 12.3. The number of methoxy groups -OCH3 is 1. The van der Waals surface area contributed by atoms with Crippen LogP contribution in [0.1, 0.15) is 10.4 Å². The largest absolute Gasteiger partial charge is 0.491 e. The van der Waals surface area contributed by atoms with Crippen LogP contribution in [0.5, 0.6) is 5.75 Å². The maximum absolute atomic E-state index is 11.7. The molecule has 0 aliphatic heterocycles. The smallest absolute Gasteiger partial charge is 0.251 e. The topological polar surface area (TPSA) is 116 Å². The Hall–Kier alpha value is -4.05. The van der Waals surface area contributed by atoms with Crippen LogP contribution in [0.3, 0.4) is 0 Å². The number of hydrogen-bond acceptors (Lipinski definition) is 8. The van der Waals surface area contributed by atoms with Gasteiger partial charge in [0, 0.05) is 31.5 Å². The molecule has 0 fully saturated rings. The minimum Gasteiger partial charge on any atom is -0.491 e. The standard InChI is InChI=1S/C21H21N7O3/c1-22-20(29)14-6-8-15(9-7-14)24-21-23-13-18-19(25-21)28(27-26-18)16-4-3-5-17(12-16)31-11-10-30-2/h3-9,12-13H,10-11H2,1-2H3,(H,22,29)(H,23,24,25). The fourth-order valence-corrected chi connectivity index (χ4v) is 2.89. The van der Waals surface area contributed by atoms with Crippen LogP contribution in [-0.2, 0) is 4.74 Å². The predicted octanol–water partition coefficient (Wildman–Crippen LogP) is 2.34. The third-order valence-electron chi connectivity index (χ3n) is 4.44. The third-order valence-corrected chi connectivity index (χ3v) is 4.44. The highest BCUT2D eigenvalue weighted by atomic mass is 16.5. The number of carbonyl (C=O) groups is 1. The first-order valence-electron chi connectivity index (χ1n) is 9.58. The third kappa shape index (κ3) is 4.59. The Morgan fingerprint density at radius 3 is 2.74 bits per heavy atom. The van der Waals surface area contributed by atoms with Gasteiger partial charge in [0.15, 0.2) is 11.2 Å². The van der Waals surface area contributed by atoms with Gasteiger partial charge in [0.1, 0.15) is 12.4 Å². The molecular formula is C21H21N7O3. The molecule has 0 saturated heterocycles. The second kappa shape index (κ2) is 9.18. The lowest BCUT2D eigenvalue weighted by molar-refractivity contribution is 0.0963. The Morgan fingerprint density at radius 1 is 1.13 bits per heavy atom. The van der Waals surface area contributed by atoms with Crippen LogP contribution in [0.25, 0.3) is 16.9 Å². The lowest BCUT2D eigenvalue weighted by Crippen LogP contribution is -2.17. The van der Waals surface area contributed by atoms with Crippen LogP contribution in [0.15, 0.2) is 54.7 Å². The molecule has 4 aromatic rings. The van der Waals surface area contributed by atoms with E-state index in [0.717, 1.165) is 11.4 Å². The van der Waals surface area contributed by atoms with Gasteiger partial charge in [-0.1, -0.05) is 11.3 Å². The van der Waals surface area contributed by atoms with Crippen LogP contribution < -0.4 is 15.4 Å². The van der Waals surface area contributed by atoms with E-state index in [9.17, 15) is 4.79 Å². The summed E-state index contributed by atoms with van der Waals surface area (Å²) in [4.78, 5) is 20.5. The average molecular weight is 419 g/mol. The monoisotopic (exact) mass is 419 g/mol. The average Bonchev–Trinajstić information content (AvgIpc) is 3.23. The molecule has 0 bridgehead atoms. The number of amides is 1. The van der Waals surface area contributed by atoms with Gasteiger partial charge in [-0.05, 0) is 36.4 Å². The number of aromatic nitrogens is 5. The maximum atomic E-state index is 11.7. The second-order valence-electron chi connectivity index (χ2n) is 6.52. The van der Waals surface area contributed by atoms with Gasteiger partial charge in [-0.25, -0.2) is 4.98 Å². The Balaban J connectivity index is 1.58. The highest BCUT2D eigenvalue weighted by Crippen LogP contribution is 2.21. The quantitative estimate of drug-likeness (QED) is 0.418. The molecule has 10 nitrogen and oxygen atoms in total. The molecule has 2 aromatic carbocycles. The van der Waals surface area contributed by atoms with E-state index in [1.54, 1.807) is 49.3 Å². The van der Waals surface area contributed by atoms with Crippen molar-refractivity contribution in [3.63, 3.8) is 0 Å². The first kappa shape index (κ1) is 20.2. The zero-order chi connectivity index (χ0) is 21.6. The van der Waals surface area contributed by atoms with Gasteiger partial charge in [-0.3, -0.25) is 4.79 Å². The van der Waals surface area contributed by atoms with Crippen LogP contribution in [0.4, 0.5) is 11.6 Å². The Labute approximate surface area is 178 Å². The summed E-state index contributed by atoms with van der Waals surface area (Å²) in [6.45, 7) is 0.954. The van der Waals surface area contributed by atoms with Crippen LogP contribution >= 0.6 is 0 Å². The number of hydrogen-bond donors (Lipinski definition) is 2. The summed E-state index contributed by atoms with van der Waals surface area (Å²) in [5, 5.41) is 14.1. The summed E-state index contributed by atoms with van der Waals surface area (Å²) in [5.74, 6) is 0.936. The van der Waals surface area contributed by atoms with E-state index in [1.165, 1.54) is 0 Å². The van der Waals surface area contributed by atoms with Crippen molar-refractivity contribution in [2.75, 3.05) is 32.7 Å². The zero-order valence-corrected chi connectivity index (χ0v) is 17.1. The van der Waals surface area contributed by atoms with Crippen molar-refractivity contribution in [1.29, 1.82) is 0 Å². The van der Waals surface area contributed by atoms with E-state index < -0.39 is 0 Å². The van der Waals surface area contributed by atoms with Gasteiger partial charge in [0.05, 0.1) is 18.5 Å². The molecule has 158 valence electrons. The van der Waals surface area contributed by atoms with E-state index in [4.69, 9.17) is 9.47 Å². The predicted molar refractivity (Wildman–Crippen MR) is 115 cm³/mol. The van der Waals surface area contributed by atoms with Gasteiger partial charge >= 0.3 is 0 Å². The Bertz CT molecular complexity index is 1190. The lowest BCUT2D eigenvalue weighted by Gasteiger charge is -2.08. The zero-order valence-electron chi connectivity index (χ0n) is 17.1. The maximum Gasteiger partial charge on any atom is 0.251 e. The number of benzene rings is 2. The van der Waals surface area contributed by atoms with Crippen molar-refractivity contribution in [1.82, 2.24) is 30.3 Å². The number of fused-ring (bicyclic) bond motifs is 1. The molecule has 2 heterocycles. The van der Waals surface area contributed by atoms with Gasteiger partial charge in [-0.2, -0.15) is 9.67 Å². The van der Waals surface area contributed by atoms with Crippen molar-refractivity contribution < 1.29 is 14.3 Å². The number of anilines is 2. The fraction of sp³-hybridized carbons (Fsp3) is 0.190. The molecule has 10 heteroatoms. The van der Waals surface area contributed by atoms with Gasteiger partial charge in [-0.15, -0.1) is 5.10 Å². The SMILES string of the molecule is CNC(=O)c1ccc(Nc2ncc3nnn(-c4cccc(OCCOC)c4)c3n2)cc1. The number of nitrogens with one attached hydrogen (secondary N) is 2. The summed E-state index contributed by atoms with van der Waals surface area (Å²) >= 11 is 0. The molecule has 1 amide bonds. The van der Waals surface area contributed by atoms with E-state index in [2.05, 4.69) is 30.9 Å². The molecule has 0 atom stereocenters. The van der Waals surface area contributed by atoms with Crippen molar-refractivity contribution >= 4 is 28.7 Å². The molecule has 2 aromatic heterocycles. The van der Waals surface area contributed by atoms with Crippen molar-refractivity contribution in [3.8, 4) is 11.4 Å². The number of nitrogens with zero attached hydrogens (tertiary/aromatic N) is 5. The van der Waals surface area contributed by atoms with E-state index in [0.29, 0.717) is 41.6 Å². The van der Waals surface area contributed by atoms with E-state index in [1.807, 2.05) is 24.3 Å². The Morgan fingerprint density at radius 2 is 1.97 bits per heavy atom. The van der Waals surface area contributed by atoms with E-state index >= 15 is 0 Å². The lowest BCUT2D eigenvalue weighted by atomic mass is 10.2. The molecule has 0 unspecified atom stereocenters. The number of ether oxygens (including phenoxy) is 2. The minimum absolute atomic E-state index is 0.146. The van der Waals surface area contributed by atoms with Crippen LogP contribution in [0, 0.1) is 0 Å². The number of carbonyl (C=O) groups excluding carboxylic acids is 1. The summed E-state index contributed by atoms with van der Waals surface area (Å²) in [6, 6.07) is 14.5. The number of rotatable bonds is 8. The fourth-order valence-electron chi connectivity index (χ4n) is 2.89. The summed E-state index contributed by atoms with van der Waals surface area (Å²) in [7, 11) is 3.22. The van der Waals surface area contributed by atoms with E-state index in [-0.39, 0.29) is 5.91 Å². The highest BCUT2D eigenvalue weighted by molar-refractivity contribution is 5.94.